The SMILES string of the molecule is CCOc1ccc(N=C2SC(=Cc3ccc(N(CC)CC)cc3OCC)C(=O)N2CC)cc1. The van der Waals surface area contributed by atoms with Crippen LogP contribution < -0.4 is 14.4 Å². The van der Waals surface area contributed by atoms with Crippen molar-refractivity contribution in [3.8, 4) is 11.5 Å². The van der Waals surface area contributed by atoms with Gasteiger partial charge in [0.15, 0.2) is 5.17 Å². The summed E-state index contributed by atoms with van der Waals surface area (Å²) in [6.45, 7) is 13.7. The van der Waals surface area contributed by atoms with Gasteiger partial charge in [-0.05, 0) is 88.9 Å². The lowest BCUT2D eigenvalue weighted by molar-refractivity contribution is -0.122. The topological polar surface area (TPSA) is 54.4 Å². The van der Waals surface area contributed by atoms with Crippen LogP contribution in [-0.2, 0) is 4.79 Å². The van der Waals surface area contributed by atoms with Gasteiger partial charge in [0.1, 0.15) is 11.5 Å². The van der Waals surface area contributed by atoms with Gasteiger partial charge in [-0.1, -0.05) is 0 Å². The minimum absolute atomic E-state index is 0.0394. The maximum Gasteiger partial charge on any atom is 0.266 e. The van der Waals surface area contributed by atoms with E-state index in [2.05, 4.69) is 30.9 Å². The van der Waals surface area contributed by atoms with E-state index >= 15 is 0 Å². The number of hydrogen-bond acceptors (Lipinski definition) is 6. The molecule has 1 aliphatic heterocycles. The monoisotopic (exact) mass is 467 g/mol. The molecule has 0 N–H and O–H groups in total. The second kappa shape index (κ2) is 11.8. The molecule has 1 aliphatic rings. The van der Waals surface area contributed by atoms with Gasteiger partial charge < -0.3 is 14.4 Å². The van der Waals surface area contributed by atoms with Gasteiger partial charge in [0, 0.05) is 37.0 Å². The number of rotatable bonds is 10. The molecule has 33 heavy (non-hydrogen) atoms. The van der Waals surface area contributed by atoms with Crippen LogP contribution in [0.2, 0.25) is 0 Å². The van der Waals surface area contributed by atoms with E-state index in [1.807, 2.05) is 57.2 Å². The van der Waals surface area contributed by atoms with Crippen LogP contribution in [0.4, 0.5) is 11.4 Å². The number of amides is 1. The Morgan fingerprint density at radius 1 is 0.970 bits per heavy atom. The highest BCUT2D eigenvalue weighted by molar-refractivity contribution is 8.18. The molecule has 1 fully saturated rings. The van der Waals surface area contributed by atoms with Crippen molar-refractivity contribution in [2.24, 2.45) is 4.99 Å². The average molecular weight is 468 g/mol. The predicted molar refractivity (Wildman–Crippen MR) is 139 cm³/mol. The van der Waals surface area contributed by atoms with Crippen molar-refractivity contribution < 1.29 is 14.3 Å². The Hall–Kier alpha value is -2.93. The number of carbonyl (C=O) groups excluding carboxylic acids is 1. The molecule has 3 rings (SSSR count). The van der Waals surface area contributed by atoms with Gasteiger partial charge in [0.2, 0.25) is 0 Å². The van der Waals surface area contributed by atoms with Crippen LogP contribution in [0.3, 0.4) is 0 Å². The fraction of sp³-hybridized carbons (Fsp3) is 0.385. The van der Waals surface area contributed by atoms with E-state index in [4.69, 9.17) is 14.5 Å². The summed E-state index contributed by atoms with van der Waals surface area (Å²) in [7, 11) is 0. The van der Waals surface area contributed by atoms with Crippen molar-refractivity contribution >= 4 is 40.3 Å². The van der Waals surface area contributed by atoms with Crippen LogP contribution in [0.1, 0.15) is 40.2 Å². The minimum atomic E-state index is -0.0394. The molecule has 0 saturated carbocycles. The Labute approximate surface area is 201 Å². The summed E-state index contributed by atoms with van der Waals surface area (Å²) in [5.41, 5.74) is 2.79. The van der Waals surface area contributed by atoms with Gasteiger partial charge in [-0.25, -0.2) is 4.99 Å². The molecule has 176 valence electrons. The lowest BCUT2D eigenvalue weighted by atomic mass is 10.1. The highest BCUT2D eigenvalue weighted by atomic mass is 32.2. The highest BCUT2D eigenvalue weighted by Gasteiger charge is 2.32. The van der Waals surface area contributed by atoms with Crippen molar-refractivity contribution in [1.82, 2.24) is 4.90 Å². The van der Waals surface area contributed by atoms with Crippen molar-refractivity contribution in [3.05, 3.63) is 52.9 Å². The molecule has 2 aromatic rings. The molecular formula is C26H33N3O3S. The second-order valence-corrected chi connectivity index (χ2v) is 8.32. The predicted octanol–water partition coefficient (Wildman–Crippen LogP) is 5.95. The van der Waals surface area contributed by atoms with E-state index < -0.39 is 0 Å². The third kappa shape index (κ3) is 5.90. The first kappa shape index (κ1) is 24.7. The molecule has 2 aromatic carbocycles. The maximum atomic E-state index is 13.1. The van der Waals surface area contributed by atoms with E-state index in [-0.39, 0.29) is 5.91 Å². The Morgan fingerprint density at radius 2 is 1.67 bits per heavy atom. The molecule has 0 spiro atoms. The Morgan fingerprint density at radius 3 is 2.27 bits per heavy atom. The number of likely N-dealkylation sites (N-methyl/N-ethyl adjacent to an activating group) is 1. The molecular weight excluding hydrogens is 434 g/mol. The van der Waals surface area contributed by atoms with E-state index in [0.29, 0.717) is 29.8 Å². The normalized spacial score (nSPS) is 16.0. The average Bonchev–Trinajstić information content (AvgIpc) is 3.11. The van der Waals surface area contributed by atoms with E-state index in [0.717, 1.165) is 41.5 Å². The fourth-order valence-electron chi connectivity index (χ4n) is 3.61. The lowest BCUT2D eigenvalue weighted by Gasteiger charge is -2.22. The molecule has 0 bridgehead atoms. The van der Waals surface area contributed by atoms with Crippen LogP contribution in [0.5, 0.6) is 11.5 Å². The zero-order chi connectivity index (χ0) is 23.8. The van der Waals surface area contributed by atoms with E-state index in [1.165, 1.54) is 11.8 Å². The number of nitrogens with zero attached hydrogens (tertiary/aromatic N) is 3. The molecule has 7 heteroatoms. The summed E-state index contributed by atoms with van der Waals surface area (Å²) in [6, 6.07) is 13.7. The largest absolute Gasteiger partial charge is 0.494 e. The first-order chi connectivity index (χ1) is 16.0. The molecule has 0 aliphatic carbocycles. The van der Waals surface area contributed by atoms with Crippen molar-refractivity contribution in [2.75, 3.05) is 37.7 Å². The summed E-state index contributed by atoms with van der Waals surface area (Å²) < 4.78 is 11.4. The third-order valence-corrected chi connectivity index (χ3v) is 6.30. The maximum absolute atomic E-state index is 13.1. The molecule has 1 saturated heterocycles. The summed E-state index contributed by atoms with van der Waals surface area (Å²) in [5, 5.41) is 0.677. The first-order valence-electron chi connectivity index (χ1n) is 11.6. The zero-order valence-electron chi connectivity index (χ0n) is 20.1. The smallest absolute Gasteiger partial charge is 0.266 e. The highest BCUT2D eigenvalue weighted by Crippen LogP contribution is 2.36. The number of ether oxygens (including phenoxy) is 2. The molecule has 0 atom stereocenters. The van der Waals surface area contributed by atoms with Gasteiger partial charge >= 0.3 is 0 Å². The quantitative estimate of drug-likeness (QED) is 0.404. The molecule has 0 aromatic heterocycles. The van der Waals surface area contributed by atoms with E-state index in [1.54, 1.807) is 4.90 Å². The van der Waals surface area contributed by atoms with E-state index in [9.17, 15) is 4.79 Å². The third-order valence-electron chi connectivity index (χ3n) is 5.29. The number of aliphatic imine (C=N–C) groups is 1. The van der Waals surface area contributed by atoms with Crippen LogP contribution >= 0.6 is 11.8 Å². The van der Waals surface area contributed by atoms with Crippen LogP contribution in [0.25, 0.3) is 6.08 Å². The summed E-state index contributed by atoms with van der Waals surface area (Å²) in [6.07, 6.45) is 1.91. The van der Waals surface area contributed by atoms with Crippen LogP contribution in [-0.4, -0.2) is 48.8 Å². The minimum Gasteiger partial charge on any atom is -0.494 e. The van der Waals surface area contributed by atoms with Gasteiger partial charge in [0.25, 0.3) is 5.91 Å². The number of anilines is 1. The second-order valence-electron chi connectivity index (χ2n) is 7.31. The van der Waals surface area contributed by atoms with Crippen molar-refractivity contribution in [1.29, 1.82) is 0 Å². The molecule has 6 nitrogen and oxygen atoms in total. The summed E-state index contributed by atoms with van der Waals surface area (Å²) >= 11 is 1.39. The number of carbonyl (C=O) groups is 1. The number of thioether (sulfide) groups is 1. The molecule has 1 amide bonds. The van der Waals surface area contributed by atoms with Gasteiger partial charge in [-0.3, -0.25) is 9.69 Å². The number of amidine groups is 1. The standard InChI is InChI=1S/C26H33N3O3S/c1-6-28(7-2)21-14-11-19(23(18-21)32-10-5)17-24-25(30)29(8-3)26(33-24)27-20-12-15-22(16-13-20)31-9-4/h11-18H,6-10H2,1-5H3. The molecule has 0 unspecified atom stereocenters. The number of benzene rings is 2. The Balaban J connectivity index is 1.91. The van der Waals surface area contributed by atoms with Crippen LogP contribution in [0.15, 0.2) is 52.4 Å². The van der Waals surface area contributed by atoms with Gasteiger partial charge in [-0.2, -0.15) is 0 Å². The van der Waals surface area contributed by atoms with Crippen molar-refractivity contribution in [3.63, 3.8) is 0 Å². The van der Waals surface area contributed by atoms with Crippen molar-refractivity contribution in [2.45, 2.75) is 34.6 Å². The van der Waals surface area contributed by atoms with Gasteiger partial charge in [0.05, 0.1) is 23.8 Å². The lowest BCUT2D eigenvalue weighted by Crippen LogP contribution is -2.28. The zero-order valence-corrected chi connectivity index (χ0v) is 20.9. The number of hydrogen-bond donors (Lipinski definition) is 0. The van der Waals surface area contributed by atoms with Crippen LogP contribution in [0, 0.1) is 0 Å². The molecule has 1 heterocycles. The Bertz CT molecular complexity index is 1010. The first-order valence-corrected chi connectivity index (χ1v) is 12.4. The fourth-order valence-corrected chi connectivity index (χ4v) is 4.67. The summed E-state index contributed by atoms with van der Waals surface area (Å²) in [4.78, 5) is 22.4. The summed E-state index contributed by atoms with van der Waals surface area (Å²) in [5.74, 6) is 1.55. The Kier molecular flexibility index (Phi) is 8.83. The van der Waals surface area contributed by atoms with Gasteiger partial charge in [-0.15, -0.1) is 0 Å². The molecule has 0 radical (unpaired) electrons.